The molecule has 3 nitrogen and oxygen atoms in total. The van der Waals surface area contributed by atoms with Crippen molar-refractivity contribution in [3.8, 4) is 5.75 Å². The molecule has 0 atom stereocenters. The van der Waals surface area contributed by atoms with Gasteiger partial charge in [0.1, 0.15) is 12.4 Å². The fraction of sp³-hybridized carbons (Fsp3) is 0.455. The largest absolute Gasteiger partial charge is 0.489 e. The lowest BCUT2D eigenvalue weighted by atomic mass is 10.3. The monoisotopic (exact) mass is 231 g/mol. The minimum Gasteiger partial charge on any atom is -0.489 e. The van der Waals surface area contributed by atoms with Gasteiger partial charge >= 0.3 is 0 Å². The van der Waals surface area contributed by atoms with Gasteiger partial charge in [0.15, 0.2) is 11.6 Å². The van der Waals surface area contributed by atoms with Gasteiger partial charge in [-0.15, -0.1) is 0 Å². The molecule has 0 amide bonds. The molecule has 0 bridgehead atoms. The molecule has 0 aliphatic carbocycles. The molecular weight excluding hydrogens is 216 g/mol. The van der Waals surface area contributed by atoms with Crippen LogP contribution < -0.4 is 10.1 Å². The van der Waals surface area contributed by atoms with Gasteiger partial charge in [-0.3, -0.25) is 0 Å². The molecule has 0 saturated carbocycles. The van der Waals surface area contributed by atoms with Gasteiger partial charge in [-0.05, 0) is 12.1 Å². The van der Waals surface area contributed by atoms with Crippen LogP contribution in [0.25, 0.3) is 0 Å². The molecule has 0 aliphatic rings. The third kappa shape index (κ3) is 4.55. The zero-order valence-electron chi connectivity index (χ0n) is 9.13. The molecule has 0 spiro atoms. The zero-order valence-corrected chi connectivity index (χ0v) is 9.13. The van der Waals surface area contributed by atoms with Gasteiger partial charge in [0.2, 0.25) is 0 Å². The van der Waals surface area contributed by atoms with Crippen molar-refractivity contribution in [1.29, 1.82) is 0 Å². The second-order valence-electron chi connectivity index (χ2n) is 3.17. The molecule has 1 rings (SSSR count). The molecule has 0 saturated heterocycles. The quantitative estimate of drug-likeness (QED) is 0.723. The lowest BCUT2D eigenvalue weighted by Gasteiger charge is -2.08. The second-order valence-corrected chi connectivity index (χ2v) is 3.17. The van der Waals surface area contributed by atoms with Crippen molar-refractivity contribution in [3.05, 3.63) is 29.8 Å². The first kappa shape index (κ1) is 12.9. The van der Waals surface area contributed by atoms with E-state index in [4.69, 9.17) is 9.47 Å². The van der Waals surface area contributed by atoms with Crippen molar-refractivity contribution in [3.63, 3.8) is 0 Å². The van der Waals surface area contributed by atoms with Crippen molar-refractivity contribution < 1.29 is 18.3 Å². The molecule has 16 heavy (non-hydrogen) atoms. The van der Waals surface area contributed by atoms with E-state index < -0.39 is 11.6 Å². The summed E-state index contributed by atoms with van der Waals surface area (Å²) in [5.41, 5.74) is 0. The maximum atomic E-state index is 13.1. The highest BCUT2D eigenvalue weighted by atomic mass is 19.1. The van der Waals surface area contributed by atoms with Crippen molar-refractivity contribution >= 4 is 0 Å². The van der Waals surface area contributed by atoms with Crippen molar-refractivity contribution in [2.45, 2.75) is 0 Å². The standard InChI is InChI=1S/C11H15F2NO2/c1-15-6-4-14-5-7-16-11-8-9(12)2-3-10(11)13/h2-3,8,14H,4-7H2,1H3. The van der Waals surface area contributed by atoms with Crippen LogP contribution in [0.4, 0.5) is 8.78 Å². The van der Waals surface area contributed by atoms with Gasteiger partial charge in [-0.1, -0.05) is 0 Å². The highest BCUT2D eigenvalue weighted by Gasteiger charge is 2.04. The maximum absolute atomic E-state index is 13.1. The first-order valence-electron chi connectivity index (χ1n) is 5.01. The molecule has 0 unspecified atom stereocenters. The molecule has 5 heteroatoms. The summed E-state index contributed by atoms with van der Waals surface area (Å²) < 4.78 is 35.7. The second kappa shape index (κ2) is 7.14. The molecule has 1 aromatic carbocycles. The van der Waals surface area contributed by atoms with E-state index in [2.05, 4.69) is 5.32 Å². The normalized spacial score (nSPS) is 10.4. The molecule has 90 valence electrons. The number of benzene rings is 1. The van der Waals surface area contributed by atoms with E-state index in [1.165, 1.54) is 0 Å². The van der Waals surface area contributed by atoms with E-state index >= 15 is 0 Å². The van der Waals surface area contributed by atoms with Crippen molar-refractivity contribution in [2.24, 2.45) is 0 Å². The summed E-state index contributed by atoms with van der Waals surface area (Å²) in [6.07, 6.45) is 0. The highest BCUT2D eigenvalue weighted by Crippen LogP contribution is 2.17. The third-order valence-electron chi connectivity index (χ3n) is 1.91. The maximum Gasteiger partial charge on any atom is 0.165 e. The summed E-state index contributed by atoms with van der Waals surface area (Å²) in [7, 11) is 1.61. The zero-order chi connectivity index (χ0) is 11.8. The Morgan fingerprint density at radius 2 is 1.94 bits per heavy atom. The van der Waals surface area contributed by atoms with E-state index in [0.29, 0.717) is 19.7 Å². The first-order chi connectivity index (χ1) is 7.74. The van der Waals surface area contributed by atoms with Gasteiger partial charge in [0.05, 0.1) is 6.61 Å². The van der Waals surface area contributed by atoms with Crippen LogP contribution in [0.3, 0.4) is 0 Å². The number of halogens is 2. The van der Waals surface area contributed by atoms with Crippen LogP contribution in [0, 0.1) is 11.6 Å². The summed E-state index contributed by atoms with van der Waals surface area (Å²) in [6.45, 7) is 2.14. The van der Waals surface area contributed by atoms with Gasteiger partial charge in [-0.2, -0.15) is 0 Å². The highest BCUT2D eigenvalue weighted by molar-refractivity contribution is 5.24. The Labute approximate surface area is 93.4 Å². The predicted octanol–water partition coefficient (Wildman–Crippen LogP) is 1.58. The molecular formula is C11H15F2NO2. The van der Waals surface area contributed by atoms with E-state index in [-0.39, 0.29) is 12.4 Å². The minimum absolute atomic E-state index is 0.0615. The number of hydrogen-bond acceptors (Lipinski definition) is 3. The number of nitrogens with one attached hydrogen (secondary N) is 1. The fourth-order valence-electron chi connectivity index (χ4n) is 1.12. The topological polar surface area (TPSA) is 30.5 Å². The Balaban J connectivity index is 2.23. The number of hydrogen-bond donors (Lipinski definition) is 1. The Hall–Kier alpha value is -1.20. The Kier molecular flexibility index (Phi) is 5.74. The van der Waals surface area contributed by atoms with Crippen molar-refractivity contribution in [1.82, 2.24) is 5.32 Å². The van der Waals surface area contributed by atoms with E-state index in [0.717, 1.165) is 18.2 Å². The van der Waals surface area contributed by atoms with E-state index in [1.807, 2.05) is 0 Å². The Morgan fingerprint density at radius 1 is 1.19 bits per heavy atom. The summed E-state index contributed by atoms with van der Waals surface area (Å²) in [5.74, 6) is -1.13. The average molecular weight is 231 g/mol. The smallest absolute Gasteiger partial charge is 0.165 e. The summed E-state index contributed by atoms with van der Waals surface area (Å²) in [4.78, 5) is 0. The summed E-state index contributed by atoms with van der Waals surface area (Å²) in [5, 5.41) is 3.02. The molecule has 0 heterocycles. The first-order valence-corrected chi connectivity index (χ1v) is 5.01. The molecule has 0 radical (unpaired) electrons. The van der Waals surface area contributed by atoms with Crippen LogP contribution in [0.1, 0.15) is 0 Å². The lowest BCUT2D eigenvalue weighted by Crippen LogP contribution is -2.24. The average Bonchev–Trinajstić information content (AvgIpc) is 2.28. The lowest BCUT2D eigenvalue weighted by molar-refractivity contribution is 0.196. The number of methoxy groups -OCH3 is 1. The van der Waals surface area contributed by atoms with E-state index in [1.54, 1.807) is 7.11 Å². The van der Waals surface area contributed by atoms with E-state index in [9.17, 15) is 8.78 Å². The molecule has 1 N–H and O–H groups in total. The van der Waals surface area contributed by atoms with Crippen LogP contribution in [0.2, 0.25) is 0 Å². The van der Waals surface area contributed by atoms with Gasteiger partial charge in [-0.25, -0.2) is 8.78 Å². The fourth-order valence-corrected chi connectivity index (χ4v) is 1.12. The molecule has 1 aromatic rings. The number of rotatable bonds is 7. The SMILES string of the molecule is COCCNCCOc1cc(F)ccc1F. The Bertz CT molecular complexity index is 321. The molecule has 0 aliphatic heterocycles. The summed E-state index contributed by atoms with van der Waals surface area (Å²) in [6, 6.07) is 3.13. The third-order valence-corrected chi connectivity index (χ3v) is 1.91. The van der Waals surface area contributed by atoms with Crippen molar-refractivity contribution in [2.75, 3.05) is 33.4 Å². The van der Waals surface area contributed by atoms with Crippen LogP contribution >= 0.6 is 0 Å². The van der Waals surface area contributed by atoms with Gasteiger partial charge in [0, 0.05) is 26.3 Å². The van der Waals surface area contributed by atoms with Gasteiger partial charge < -0.3 is 14.8 Å². The van der Waals surface area contributed by atoms with Crippen LogP contribution in [0.15, 0.2) is 18.2 Å². The molecule has 0 aromatic heterocycles. The van der Waals surface area contributed by atoms with Crippen LogP contribution in [-0.4, -0.2) is 33.4 Å². The predicted molar refractivity (Wildman–Crippen MR) is 56.6 cm³/mol. The van der Waals surface area contributed by atoms with Crippen LogP contribution in [-0.2, 0) is 4.74 Å². The number of ether oxygens (including phenoxy) is 2. The Morgan fingerprint density at radius 3 is 2.69 bits per heavy atom. The summed E-state index contributed by atoms with van der Waals surface area (Å²) >= 11 is 0. The minimum atomic E-state index is -0.557. The van der Waals surface area contributed by atoms with Crippen LogP contribution in [0.5, 0.6) is 5.75 Å². The molecule has 0 fully saturated rings. The van der Waals surface area contributed by atoms with Gasteiger partial charge in [0.25, 0.3) is 0 Å².